The summed E-state index contributed by atoms with van der Waals surface area (Å²) in [4.78, 5) is 4.27. The molecule has 1 rings (SSSR count). The average molecular weight is 437 g/mol. The maximum absolute atomic E-state index is 5.33. The Morgan fingerprint density at radius 1 is 1.39 bits per heavy atom. The van der Waals surface area contributed by atoms with Crippen molar-refractivity contribution in [2.24, 2.45) is 12.0 Å². The number of rotatable bonds is 8. The van der Waals surface area contributed by atoms with E-state index in [1.807, 2.05) is 18.7 Å². The zero-order valence-electron chi connectivity index (χ0n) is 15.3. The van der Waals surface area contributed by atoms with Crippen LogP contribution in [0.3, 0.4) is 0 Å². The molecular formula is C16H32IN5O. The van der Waals surface area contributed by atoms with Gasteiger partial charge in [0.15, 0.2) is 5.96 Å². The van der Waals surface area contributed by atoms with Crippen molar-refractivity contribution in [2.75, 3.05) is 26.8 Å². The van der Waals surface area contributed by atoms with Crippen LogP contribution in [0.1, 0.15) is 37.2 Å². The highest BCUT2D eigenvalue weighted by Gasteiger charge is 2.13. The van der Waals surface area contributed by atoms with Crippen LogP contribution in [0, 0.1) is 13.8 Å². The Labute approximate surface area is 157 Å². The summed E-state index contributed by atoms with van der Waals surface area (Å²) in [5, 5.41) is 11.2. The van der Waals surface area contributed by atoms with Gasteiger partial charge in [-0.05, 0) is 46.1 Å². The second-order valence-electron chi connectivity index (χ2n) is 5.57. The number of halogens is 1. The SMILES string of the molecule is CCOCCCNC(=NC)NC(C)Cc1c(C)nn(C)c1C.I. The molecule has 0 aliphatic rings. The minimum absolute atomic E-state index is 0. The Balaban J connectivity index is 0.00000484. The van der Waals surface area contributed by atoms with Crippen LogP contribution in [0.2, 0.25) is 0 Å². The molecule has 1 aromatic heterocycles. The van der Waals surface area contributed by atoms with Crippen molar-refractivity contribution in [1.82, 2.24) is 20.4 Å². The third kappa shape index (κ3) is 7.52. The highest BCUT2D eigenvalue weighted by atomic mass is 127. The fraction of sp³-hybridized carbons (Fsp3) is 0.750. The van der Waals surface area contributed by atoms with Crippen molar-refractivity contribution >= 4 is 29.9 Å². The van der Waals surface area contributed by atoms with Crippen LogP contribution in [0.15, 0.2) is 4.99 Å². The summed E-state index contributed by atoms with van der Waals surface area (Å²) in [7, 11) is 3.79. The number of ether oxygens (including phenoxy) is 1. The molecule has 0 saturated carbocycles. The van der Waals surface area contributed by atoms with Gasteiger partial charge in [-0.25, -0.2) is 0 Å². The summed E-state index contributed by atoms with van der Waals surface area (Å²) in [6.07, 6.45) is 1.91. The lowest BCUT2D eigenvalue weighted by atomic mass is 10.1. The van der Waals surface area contributed by atoms with Crippen molar-refractivity contribution in [1.29, 1.82) is 0 Å². The summed E-state index contributed by atoms with van der Waals surface area (Å²) in [5.41, 5.74) is 3.65. The van der Waals surface area contributed by atoms with E-state index in [-0.39, 0.29) is 24.0 Å². The van der Waals surface area contributed by atoms with Gasteiger partial charge < -0.3 is 15.4 Å². The molecule has 0 bridgehead atoms. The van der Waals surface area contributed by atoms with Gasteiger partial charge in [-0.3, -0.25) is 9.67 Å². The molecule has 0 aromatic carbocycles. The van der Waals surface area contributed by atoms with Crippen molar-refractivity contribution in [3.8, 4) is 0 Å². The zero-order chi connectivity index (χ0) is 16.5. The van der Waals surface area contributed by atoms with E-state index in [1.54, 1.807) is 7.05 Å². The lowest BCUT2D eigenvalue weighted by Crippen LogP contribution is -2.43. The number of nitrogens with one attached hydrogen (secondary N) is 2. The topological polar surface area (TPSA) is 63.5 Å². The van der Waals surface area contributed by atoms with Gasteiger partial charge in [0.25, 0.3) is 0 Å². The summed E-state index contributed by atoms with van der Waals surface area (Å²) in [6.45, 7) is 10.8. The predicted octanol–water partition coefficient (Wildman–Crippen LogP) is 2.18. The van der Waals surface area contributed by atoms with Gasteiger partial charge in [0, 0.05) is 45.6 Å². The van der Waals surface area contributed by atoms with Crippen LogP contribution < -0.4 is 10.6 Å². The smallest absolute Gasteiger partial charge is 0.191 e. The molecule has 7 heteroatoms. The number of aromatic nitrogens is 2. The van der Waals surface area contributed by atoms with Crippen molar-refractivity contribution < 1.29 is 4.74 Å². The molecule has 0 aliphatic carbocycles. The molecule has 23 heavy (non-hydrogen) atoms. The first-order valence-electron chi connectivity index (χ1n) is 8.03. The highest BCUT2D eigenvalue weighted by molar-refractivity contribution is 14.0. The Morgan fingerprint density at radius 3 is 2.61 bits per heavy atom. The molecule has 0 saturated heterocycles. The quantitative estimate of drug-likeness (QED) is 0.283. The molecule has 0 spiro atoms. The number of hydrogen-bond donors (Lipinski definition) is 2. The summed E-state index contributed by atoms with van der Waals surface area (Å²) < 4.78 is 7.27. The van der Waals surface area contributed by atoms with Crippen molar-refractivity contribution in [3.63, 3.8) is 0 Å². The highest BCUT2D eigenvalue weighted by Crippen LogP contribution is 2.13. The van der Waals surface area contributed by atoms with Crippen LogP contribution in [0.5, 0.6) is 0 Å². The standard InChI is InChI=1S/C16H31N5O.HI/c1-7-22-10-8-9-18-16(17-5)19-12(2)11-15-13(3)20-21(6)14(15)4;/h12H,7-11H2,1-6H3,(H2,17,18,19);1H. The van der Waals surface area contributed by atoms with Crippen molar-refractivity contribution in [3.05, 3.63) is 17.0 Å². The van der Waals surface area contributed by atoms with Crippen molar-refractivity contribution in [2.45, 2.75) is 46.6 Å². The van der Waals surface area contributed by atoms with Crippen LogP contribution >= 0.6 is 24.0 Å². The summed E-state index contributed by atoms with van der Waals surface area (Å²) in [5.74, 6) is 0.836. The van der Waals surface area contributed by atoms with Crippen LogP contribution in [0.4, 0.5) is 0 Å². The molecule has 1 aromatic rings. The summed E-state index contributed by atoms with van der Waals surface area (Å²) in [6, 6.07) is 0.291. The molecule has 1 heterocycles. The van der Waals surface area contributed by atoms with Crippen LogP contribution in [-0.2, 0) is 18.2 Å². The maximum atomic E-state index is 5.33. The van der Waals surface area contributed by atoms with E-state index in [2.05, 4.69) is 41.5 Å². The second kappa shape index (κ2) is 11.7. The first kappa shape index (κ1) is 22.2. The molecule has 1 unspecified atom stereocenters. The lowest BCUT2D eigenvalue weighted by molar-refractivity contribution is 0.145. The Kier molecular flexibility index (Phi) is 11.2. The van der Waals surface area contributed by atoms with E-state index in [4.69, 9.17) is 4.74 Å². The van der Waals surface area contributed by atoms with Gasteiger partial charge in [0.1, 0.15) is 0 Å². The van der Waals surface area contributed by atoms with E-state index < -0.39 is 0 Å². The normalized spacial score (nSPS) is 12.7. The van der Waals surface area contributed by atoms with Gasteiger partial charge in [0.05, 0.1) is 5.69 Å². The second-order valence-corrected chi connectivity index (χ2v) is 5.57. The monoisotopic (exact) mass is 437 g/mol. The lowest BCUT2D eigenvalue weighted by Gasteiger charge is -2.18. The fourth-order valence-electron chi connectivity index (χ4n) is 2.42. The fourth-order valence-corrected chi connectivity index (χ4v) is 2.42. The Morgan fingerprint density at radius 2 is 2.09 bits per heavy atom. The molecule has 134 valence electrons. The zero-order valence-corrected chi connectivity index (χ0v) is 17.6. The molecular weight excluding hydrogens is 405 g/mol. The van der Waals surface area contributed by atoms with Gasteiger partial charge in [-0.15, -0.1) is 24.0 Å². The molecule has 2 N–H and O–H groups in total. The van der Waals surface area contributed by atoms with E-state index in [0.717, 1.165) is 44.3 Å². The number of aliphatic imine (C=N–C) groups is 1. The number of guanidine groups is 1. The van der Waals surface area contributed by atoms with E-state index in [1.165, 1.54) is 11.3 Å². The molecule has 0 aliphatic heterocycles. The van der Waals surface area contributed by atoms with Crippen LogP contribution in [0.25, 0.3) is 0 Å². The van der Waals surface area contributed by atoms with E-state index >= 15 is 0 Å². The number of hydrogen-bond acceptors (Lipinski definition) is 3. The first-order chi connectivity index (χ1) is 10.5. The first-order valence-corrected chi connectivity index (χ1v) is 8.03. The predicted molar refractivity (Wildman–Crippen MR) is 107 cm³/mol. The van der Waals surface area contributed by atoms with Gasteiger partial charge in [0.2, 0.25) is 0 Å². The van der Waals surface area contributed by atoms with Gasteiger partial charge in [-0.2, -0.15) is 5.10 Å². The molecule has 0 fully saturated rings. The summed E-state index contributed by atoms with van der Waals surface area (Å²) >= 11 is 0. The molecule has 6 nitrogen and oxygen atoms in total. The van der Waals surface area contributed by atoms with Crippen LogP contribution in [-0.4, -0.2) is 48.6 Å². The Bertz CT molecular complexity index is 487. The number of aryl methyl sites for hydroxylation is 2. The maximum Gasteiger partial charge on any atom is 0.191 e. The largest absolute Gasteiger partial charge is 0.382 e. The Hall–Kier alpha value is -0.830. The third-order valence-electron chi connectivity index (χ3n) is 3.74. The van der Waals surface area contributed by atoms with E-state index in [9.17, 15) is 0 Å². The third-order valence-corrected chi connectivity index (χ3v) is 3.74. The minimum atomic E-state index is 0. The molecule has 0 radical (unpaired) electrons. The van der Waals surface area contributed by atoms with E-state index in [0.29, 0.717) is 6.04 Å². The molecule has 0 amide bonds. The van der Waals surface area contributed by atoms with Gasteiger partial charge >= 0.3 is 0 Å². The molecule has 1 atom stereocenters. The van der Waals surface area contributed by atoms with Gasteiger partial charge in [-0.1, -0.05) is 0 Å². The number of nitrogens with zero attached hydrogens (tertiary/aromatic N) is 3. The average Bonchev–Trinajstić information content (AvgIpc) is 2.72. The minimum Gasteiger partial charge on any atom is -0.382 e.